The molecule has 0 unspecified atom stereocenters. The van der Waals surface area contributed by atoms with E-state index in [-0.39, 0.29) is 52.5 Å². The standard InChI is InChI=1S/C27H22O9/c1-32-18-6-4-13(8-17(18)28)9-22-25(30)15-5-7-19-24(27(15)36-22)16(12-23(29)35-19)14-10-20(33-2)26(31)21(11-14)34-3/h4-11,16,28,31H,12H2,1-3H3/b22-9-/t16-/m1/s1. The smallest absolute Gasteiger partial charge is 0.312 e. The van der Waals surface area contributed by atoms with Gasteiger partial charge in [0.15, 0.2) is 28.8 Å². The molecule has 1 atom stereocenters. The van der Waals surface area contributed by atoms with Crippen molar-refractivity contribution in [3.8, 4) is 40.2 Å². The summed E-state index contributed by atoms with van der Waals surface area (Å²) in [4.78, 5) is 25.6. The molecule has 184 valence electrons. The Bertz CT molecular complexity index is 1410. The maximum Gasteiger partial charge on any atom is 0.312 e. The van der Waals surface area contributed by atoms with Crippen molar-refractivity contribution in [2.24, 2.45) is 0 Å². The van der Waals surface area contributed by atoms with Gasteiger partial charge in [-0.3, -0.25) is 9.59 Å². The van der Waals surface area contributed by atoms with Crippen LogP contribution in [0.3, 0.4) is 0 Å². The summed E-state index contributed by atoms with van der Waals surface area (Å²) < 4.78 is 27.1. The minimum Gasteiger partial charge on any atom is -0.504 e. The van der Waals surface area contributed by atoms with Crippen molar-refractivity contribution in [1.29, 1.82) is 0 Å². The van der Waals surface area contributed by atoms with Crippen LogP contribution in [0.2, 0.25) is 0 Å². The van der Waals surface area contributed by atoms with Crippen molar-refractivity contribution in [1.82, 2.24) is 0 Å². The number of fused-ring (bicyclic) bond motifs is 3. The van der Waals surface area contributed by atoms with Crippen LogP contribution in [0.4, 0.5) is 0 Å². The Labute approximate surface area is 206 Å². The molecule has 2 aliphatic rings. The molecule has 0 fully saturated rings. The van der Waals surface area contributed by atoms with Gasteiger partial charge in [0, 0.05) is 11.5 Å². The quantitative estimate of drug-likeness (QED) is 0.308. The number of phenolic OH excluding ortho intramolecular Hbond substituents is 2. The number of carbonyl (C=O) groups excluding carboxylic acids is 2. The number of ketones is 1. The van der Waals surface area contributed by atoms with Crippen LogP contribution in [-0.4, -0.2) is 43.3 Å². The minimum atomic E-state index is -0.559. The first kappa shape index (κ1) is 23.1. The van der Waals surface area contributed by atoms with Gasteiger partial charge in [-0.15, -0.1) is 0 Å². The van der Waals surface area contributed by atoms with Crippen LogP contribution in [0.1, 0.15) is 39.4 Å². The Hall–Kier alpha value is -4.66. The number of rotatable bonds is 5. The molecule has 0 aromatic heterocycles. The SMILES string of the molecule is COc1ccc(/C=C2\Oc3c(ccc4c3[C@@H](c3cc(OC)c(O)c(OC)c3)CC(=O)O4)C2=O)cc1O. The van der Waals surface area contributed by atoms with Crippen molar-refractivity contribution >= 4 is 17.8 Å². The van der Waals surface area contributed by atoms with Crippen molar-refractivity contribution in [2.45, 2.75) is 12.3 Å². The second-order valence-electron chi connectivity index (χ2n) is 8.23. The summed E-state index contributed by atoms with van der Waals surface area (Å²) in [6.07, 6.45) is 1.49. The van der Waals surface area contributed by atoms with Gasteiger partial charge in [-0.1, -0.05) is 6.07 Å². The van der Waals surface area contributed by atoms with E-state index in [9.17, 15) is 19.8 Å². The first-order chi connectivity index (χ1) is 17.3. The lowest BCUT2D eigenvalue weighted by atomic mass is 9.84. The van der Waals surface area contributed by atoms with Gasteiger partial charge in [0.25, 0.3) is 0 Å². The second-order valence-corrected chi connectivity index (χ2v) is 8.23. The normalized spacial score (nSPS) is 17.2. The molecular weight excluding hydrogens is 468 g/mol. The summed E-state index contributed by atoms with van der Waals surface area (Å²) >= 11 is 0. The summed E-state index contributed by atoms with van der Waals surface area (Å²) in [7, 11) is 4.27. The van der Waals surface area contributed by atoms with E-state index in [1.54, 1.807) is 36.4 Å². The van der Waals surface area contributed by atoms with Gasteiger partial charge in [-0.05, 0) is 53.6 Å². The molecule has 9 nitrogen and oxygen atoms in total. The van der Waals surface area contributed by atoms with E-state index in [0.717, 1.165) is 0 Å². The van der Waals surface area contributed by atoms with E-state index in [4.69, 9.17) is 23.7 Å². The second kappa shape index (κ2) is 8.84. The van der Waals surface area contributed by atoms with Crippen molar-refractivity contribution in [3.05, 3.63) is 70.5 Å². The largest absolute Gasteiger partial charge is 0.504 e. The lowest BCUT2D eigenvalue weighted by Crippen LogP contribution is -2.21. The Morgan fingerprint density at radius 1 is 0.889 bits per heavy atom. The van der Waals surface area contributed by atoms with Crippen LogP contribution >= 0.6 is 0 Å². The van der Waals surface area contributed by atoms with Crippen LogP contribution in [0.5, 0.6) is 40.2 Å². The van der Waals surface area contributed by atoms with E-state index in [0.29, 0.717) is 28.0 Å². The number of allylic oxidation sites excluding steroid dienone is 1. The number of ether oxygens (including phenoxy) is 5. The fraction of sp³-hybridized carbons (Fsp3) is 0.185. The van der Waals surface area contributed by atoms with Gasteiger partial charge >= 0.3 is 5.97 Å². The average Bonchev–Trinajstić information content (AvgIpc) is 3.18. The maximum absolute atomic E-state index is 13.2. The van der Waals surface area contributed by atoms with E-state index in [1.807, 2.05) is 0 Å². The molecule has 3 aromatic carbocycles. The highest BCUT2D eigenvalue weighted by Crippen LogP contribution is 2.51. The molecule has 9 heteroatoms. The number of esters is 1. The Kier molecular flexibility index (Phi) is 5.68. The zero-order valence-corrected chi connectivity index (χ0v) is 19.7. The summed E-state index contributed by atoms with van der Waals surface area (Å²) in [5, 5.41) is 20.4. The highest BCUT2D eigenvalue weighted by atomic mass is 16.5. The van der Waals surface area contributed by atoms with Gasteiger partial charge < -0.3 is 33.9 Å². The van der Waals surface area contributed by atoms with Gasteiger partial charge in [-0.2, -0.15) is 0 Å². The van der Waals surface area contributed by atoms with E-state index in [2.05, 4.69) is 0 Å². The number of carbonyl (C=O) groups is 2. The van der Waals surface area contributed by atoms with Crippen molar-refractivity contribution in [3.63, 3.8) is 0 Å². The number of aromatic hydroxyl groups is 2. The van der Waals surface area contributed by atoms with Crippen LogP contribution < -0.4 is 23.7 Å². The molecule has 0 aliphatic carbocycles. The molecule has 0 radical (unpaired) electrons. The molecule has 0 saturated heterocycles. The number of hydrogen-bond donors (Lipinski definition) is 2. The van der Waals surface area contributed by atoms with Gasteiger partial charge in [0.2, 0.25) is 11.5 Å². The van der Waals surface area contributed by atoms with E-state index >= 15 is 0 Å². The Balaban J connectivity index is 1.61. The number of benzene rings is 3. The average molecular weight is 490 g/mol. The predicted molar refractivity (Wildman–Crippen MR) is 127 cm³/mol. The summed E-state index contributed by atoms with van der Waals surface area (Å²) in [6.45, 7) is 0. The highest BCUT2D eigenvalue weighted by molar-refractivity contribution is 6.15. The topological polar surface area (TPSA) is 121 Å². The molecule has 36 heavy (non-hydrogen) atoms. The van der Waals surface area contributed by atoms with Crippen molar-refractivity contribution < 1.29 is 43.5 Å². The van der Waals surface area contributed by atoms with Gasteiger partial charge in [-0.25, -0.2) is 0 Å². The number of methoxy groups -OCH3 is 3. The number of phenols is 2. The first-order valence-corrected chi connectivity index (χ1v) is 11.0. The Morgan fingerprint density at radius 2 is 1.58 bits per heavy atom. The number of hydrogen-bond acceptors (Lipinski definition) is 9. The van der Waals surface area contributed by atoms with Crippen LogP contribution in [-0.2, 0) is 4.79 Å². The highest BCUT2D eigenvalue weighted by Gasteiger charge is 2.39. The third-order valence-electron chi connectivity index (χ3n) is 6.18. The molecule has 3 aromatic rings. The molecule has 0 amide bonds. The van der Waals surface area contributed by atoms with Crippen LogP contribution in [0.15, 0.2) is 48.2 Å². The zero-order chi connectivity index (χ0) is 25.6. The first-order valence-electron chi connectivity index (χ1n) is 11.0. The molecule has 5 rings (SSSR count). The summed E-state index contributed by atoms with van der Waals surface area (Å²) in [5.41, 5.74) is 1.99. The third-order valence-corrected chi connectivity index (χ3v) is 6.18. The van der Waals surface area contributed by atoms with Gasteiger partial charge in [0.05, 0.1) is 33.3 Å². The van der Waals surface area contributed by atoms with E-state index < -0.39 is 11.9 Å². The molecule has 2 N–H and O–H groups in total. The lowest BCUT2D eigenvalue weighted by Gasteiger charge is -2.27. The molecule has 0 bridgehead atoms. The predicted octanol–water partition coefficient (Wildman–Crippen LogP) is 4.18. The van der Waals surface area contributed by atoms with Crippen LogP contribution in [0, 0.1) is 0 Å². The summed E-state index contributed by atoms with van der Waals surface area (Å²) in [6, 6.07) is 11.1. The maximum atomic E-state index is 13.2. The minimum absolute atomic E-state index is 0.0243. The molecule has 0 spiro atoms. The van der Waals surface area contributed by atoms with E-state index in [1.165, 1.54) is 33.5 Å². The third kappa shape index (κ3) is 3.74. The molecule has 0 saturated carbocycles. The lowest BCUT2D eigenvalue weighted by molar-refractivity contribution is -0.135. The van der Waals surface area contributed by atoms with Crippen molar-refractivity contribution in [2.75, 3.05) is 21.3 Å². The molecule has 2 aliphatic heterocycles. The molecular formula is C27H22O9. The fourth-order valence-corrected chi connectivity index (χ4v) is 4.45. The van der Waals surface area contributed by atoms with Gasteiger partial charge in [0.1, 0.15) is 11.5 Å². The zero-order valence-electron chi connectivity index (χ0n) is 19.7. The monoisotopic (exact) mass is 490 g/mol. The number of Topliss-reactive ketones (excluding diaryl/α,β-unsaturated/α-hetero) is 1. The Morgan fingerprint density at radius 3 is 2.22 bits per heavy atom. The van der Waals surface area contributed by atoms with Crippen LogP contribution in [0.25, 0.3) is 6.08 Å². The fourth-order valence-electron chi connectivity index (χ4n) is 4.45. The molecule has 2 heterocycles. The summed E-state index contributed by atoms with van der Waals surface area (Å²) in [5.74, 6) is -0.332.